The Morgan fingerprint density at radius 3 is 2.82 bits per heavy atom. The van der Waals surface area contributed by atoms with Gasteiger partial charge in [0.25, 0.3) is 5.24 Å². The second-order valence-electron chi connectivity index (χ2n) is 4.16. The Morgan fingerprint density at radius 2 is 2.29 bits per heavy atom. The van der Waals surface area contributed by atoms with Gasteiger partial charge in [0, 0.05) is 12.3 Å². The molecule has 0 radical (unpaired) electrons. The maximum absolute atomic E-state index is 10.8. The first-order valence-electron chi connectivity index (χ1n) is 5.92. The van der Waals surface area contributed by atoms with Gasteiger partial charge in [-0.25, -0.2) is 4.98 Å². The summed E-state index contributed by atoms with van der Waals surface area (Å²) in [6.07, 6.45) is 4.81. The first-order chi connectivity index (χ1) is 8.13. The number of hydrogen-bond acceptors (Lipinski definition) is 3. The van der Waals surface area contributed by atoms with Gasteiger partial charge >= 0.3 is 0 Å². The van der Waals surface area contributed by atoms with Crippen LogP contribution < -0.4 is 4.74 Å². The molecule has 1 unspecified atom stereocenters. The van der Waals surface area contributed by atoms with Gasteiger partial charge < -0.3 is 4.74 Å². The second-order valence-corrected chi connectivity index (χ2v) is 4.51. The Balaban J connectivity index is 2.30. The number of rotatable bonds is 7. The maximum atomic E-state index is 10.8. The fourth-order valence-corrected chi connectivity index (χ4v) is 1.51. The van der Waals surface area contributed by atoms with E-state index in [2.05, 4.69) is 18.8 Å². The summed E-state index contributed by atoms with van der Waals surface area (Å²) >= 11 is 5.31. The summed E-state index contributed by atoms with van der Waals surface area (Å²) in [6, 6.07) is 3.28. The number of nitrogens with zero attached hydrogens (tertiary/aromatic N) is 1. The van der Waals surface area contributed by atoms with Crippen molar-refractivity contribution < 1.29 is 9.53 Å². The van der Waals surface area contributed by atoms with Gasteiger partial charge in [0.05, 0.1) is 12.2 Å². The minimum atomic E-state index is -0.499. The van der Waals surface area contributed by atoms with Crippen LogP contribution in [-0.2, 0) is 0 Å². The van der Waals surface area contributed by atoms with Gasteiger partial charge in [-0.1, -0.05) is 20.3 Å². The minimum Gasteiger partial charge on any atom is -0.478 e. The number of pyridine rings is 1. The molecule has 0 N–H and O–H groups in total. The molecule has 1 rings (SSSR count). The van der Waals surface area contributed by atoms with E-state index in [0.29, 0.717) is 18.1 Å². The Bertz CT molecular complexity index is 351. The molecule has 94 valence electrons. The molecule has 0 aliphatic heterocycles. The van der Waals surface area contributed by atoms with E-state index in [4.69, 9.17) is 16.3 Å². The van der Waals surface area contributed by atoms with Gasteiger partial charge in [0.15, 0.2) is 0 Å². The highest BCUT2D eigenvalue weighted by molar-refractivity contribution is 6.67. The summed E-state index contributed by atoms with van der Waals surface area (Å²) in [6.45, 7) is 5.08. The van der Waals surface area contributed by atoms with E-state index >= 15 is 0 Å². The lowest BCUT2D eigenvalue weighted by Crippen LogP contribution is -2.02. The largest absolute Gasteiger partial charge is 0.478 e. The average molecular weight is 256 g/mol. The summed E-state index contributed by atoms with van der Waals surface area (Å²) in [5.41, 5.74) is 0.388. The summed E-state index contributed by atoms with van der Waals surface area (Å²) in [5, 5.41) is -0.499. The summed E-state index contributed by atoms with van der Waals surface area (Å²) in [5.74, 6) is 1.28. The summed E-state index contributed by atoms with van der Waals surface area (Å²) < 4.78 is 5.47. The van der Waals surface area contributed by atoms with Crippen molar-refractivity contribution in [1.82, 2.24) is 4.98 Å². The fourth-order valence-electron chi connectivity index (χ4n) is 1.39. The molecule has 0 saturated carbocycles. The van der Waals surface area contributed by atoms with Crippen molar-refractivity contribution in [3.8, 4) is 5.88 Å². The van der Waals surface area contributed by atoms with Crippen molar-refractivity contribution in [2.75, 3.05) is 6.61 Å². The SMILES string of the molecule is CCC(C)CCCOc1ccc(C(=O)Cl)cn1. The van der Waals surface area contributed by atoms with Gasteiger partial charge in [-0.3, -0.25) is 4.79 Å². The van der Waals surface area contributed by atoms with E-state index < -0.39 is 5.24 Å². The predicted octanol–water partition coefficient (Wildman–Crippen LogP) is 3.67. The molecule has 0 aliphatic carbocycles. The van der Waals surface area contributed by atoms with Crippen molar-refractivity contribution in [2.45, 2.75) is 33.1 Å². The highest BCUT2D eigenvalue weighted by Crippen LogP contribution is 2.12. The molecule has 0 bridgehead atoms. The first-order valence-corrected chi connectivity index (χ1v) is 6.30. The van der Waals surface area contributed by atoms with Crippen molar-refractivity contribution in [3.63, 3.8) is 0 Å². The van der Waals surface area contributed by atoms with Crippen LogP contribution >= 0.6 is 11.6 Å². The molecule has 17 heavy (non-hydrogen) atoms. The Hall–Kier alpha value is -1.09. The van der Waals surface area contributed by atoms with Crippen LogP contribution in [-0.4, -0.2) is 16.8 Å². The molecule has 0 aromatic carbocycles. The first kappa shape index (κ1) is 14.0. The molecule has 0 spiro atoms. The van der Waals surface area contributed by atoms with E-state index in [1.54, 1.807) is 12.1 Å². The topological polar surface area (TPSA) is 39.2 Å². The summed E-state index contributed by atoms with van der Waals surface area (Å²) in [4.78, 5) is 14.8. The lowest BCUT2D eigenvalue weighted by Gasteiger charge is -2.08. The molecule has 0 amide bonds. The average Bonchev–Trinajstić information content (AvgIpc) is 2.34. The Morgan fingerprint density at radius 1 is 1.53 bits per heavy atom. The third-order valence-corrected chi connectivity index (χ3v) is 2.97. The molecule has 4 heteroatoms. The maximum Gasteiger partial charge on any atom is 0.253 e. The number of ether oxygens (including phenoxy) is 1. The van der Waals surface area contributed by atoms with Crippen molar-refractivity contribution in [3.05, 3.63) is 23.9 Å². The fraction of sp³-hybridized carbons (Fsp3) is 0.538. The predicted molar refractivity (Wildman–Crippen MR) is 68.6 cm³/mol. The molecular formula is C13H18ClNO2. The molecule has 3 nitrogen and oxygen atoms in total. The zero-order valence-electron chi connectivity index (χ0n) is 10.3. The molecule has 1 aromatic heterocycles. The molecule has 0 saturated heterocycles. The van der Waals surface area contributed by atoms with Crippen molar-refractivity contribution in [2.24, 2.45) is 5.92 Å². The van der Waals surface area contributed by atoms with Gasteiger partial charge in [-0.05, 0) is 36.4 Å². The molecule has 1 heterocycles. The quantitative estimate of drug-likeness (QED) is 0.551. The highest BCUT2D eigenvalue weighted by Gasteiger charge is 2.03. The monoisotopic (exact) mass is 255 g/mol. The van der Waals surface area contributed by atoms with E-state index in [1.165, 1.54) is 12.6 Å². The Labute approximate surface area is 107 Å². The van der Waals surface area contributed by atoms with Crippen molar-refractivity contribution in [1.29, 1.82) is 0 Å². The normalized spacial score (nSPS) is 12.2. The van der Waals surface area contributed by atoms with Crippen LogP contribution in [0.4, 0.5) is 0 Å². The van der Waals surface area contributed by atoms with E-state index in [9.17, 15) is 4.79 Å². The van der Waals surface area contributed by atoms with Crippen LogP contribution in [0.3, 0.4) is 0 Å². The molecule has 1 aromatic rings. The smallest absolute Gasteiger partial charge is 0.253 e. The van der Waals surface area contributed by atoms with Gasteiger partial charge in [-0.2, -0.15) is 0 Å². The zero-order valence-corrected chi connectivity index (χ0v) is 11.0. The minimum absolute atomic E-state index is 0.388. The Kier molecular flexibility index (Phi) is 5.98. The number of halogens is 1. The van der Waals surface area contributed by atoms with E-state index in [1.807, 2.05) is 0 Å². The second kappa shape index (κ2) is 7.28. The van der Waals surface area contributed by atoms with Crippen LogP contribution in [0.15, 0.2) is 18.3 Å². The van der Waals surface area contributed by atoms with Crippen LogP contribution in [0, 0.1) is 5.92 Å². The van der Waals surface area contributed by atoms with Gasteiger partial charge in [0.1, 0.15) is 0 Å². The van der Waals surface area contributed by atoms with E-state index in [-0.39, 0.29) is 0 Å². The van der Waals surface area contributed by atoms with Crippen molar-refractivity contribution >= 4 is 16.8 Å². The van der Waals surface area contributed by atoms with Gasteiger partial charge in [0.2, 0.25) is 5.88 Å². The van der Waals surface area contributed by atoms with Crippen LogP contribution in [0.25, 0.3) is 0 Å². The molecular weight excluding hydrogens is 238 g/mol. The standard InChI is InChI=1S/C13H18ClNO2/c1-3-10(2)5-4-8-17-12-7-6-11(9-15-12)13(14)16/h6-7,9-10H,3-5,8H2,1-2H3. The zero-order chi connectivity index (χ0) is 12.7. The van der Waals surface area contributed by atoms with E-state index in [0.717, 1.165) is 18.8 Å². The number of hydrogen-bond donors (Lipinski definition) is 0. The van der Waals surface area contributed by atoms with Crippen LogP contribution in [0.5, 0.6) is 5.88 Å². The molecule has 0 aliphatic rings. The van der Waals surface area contributed by atoms with Crippen LogP contribution in [0.2, 0.25) is 0 Å². The molecule has 0 fully saturated rings. The van der Waals surface area contributed by atoms with Gasteiger partial charge in [-0.15, -0.1) is 0 Å². The third-order valence-electron chi connectivity index (χ3n) is 2.75. The number of carbonyl (C=O) groups excluding carboxylic acids is 1. The molecule has 1 atom stereocenters. The van der Waals surface area contributed by atoms with Crippen LogP contribution in [0.1, 0.15) is 43.5 Å². The summed E-state index contributed by atoms with van der Waals surface area (Å²) in [7, 11) is 0. The lowest BCUT2D eigenvalue weighted by atomic mass is 10.0. The number of carbonyl (C=O) groups is 1. The third kappa shape index (κ3) is 5.18. The highest BCUT2D eigenvalue weighted by atomic mass is 35.5. The lowest BCUT2D eigenvalue weighted by molar-refractivity contribution is 0.108. The number of aromatic nitrogens is 1.